The normalized spacial score (nSPS) is 10.5. The van der Waals surface area contributed by atoms with Crippen LogP contribution in [0.3, 0.4) is 0 Å². The van der Waals surface area contributed by atoms with Crippen LogP contribution in [0.25, 0.3) is 0 Å². The monoisotopic (exact) mass is 266 g/mol. The fourth-order valence-corrected chi connectivity index (χ4v) is 2.61. The first-order valence-corrected chi connectivity index (χ1v) is 7.48. The average Bonchev–Trinajstić information content (AvgIpc) is 2.52. The lowest BCUT2D eigenvalue weighted by Crippen LogP contribution is -2.07. The molecule has 0 aliphatic rings. The molecule has 104 valence electrons. The van der Waals surface area contributed by atoms with Crippen molar-refractivity contribution in [3.8, 4) is 0 Å². The van der Waals surface area contributed by atoms with Gasteiger partial charge in [-0.15, -0.1) is 0 Å². The highest BCUT2D eigenvalue weighted by atomic mass is 16.1. The van der Waals surface area contributed by atoms with E-state index in [1.165, 1.54) is 24.0 Å². The number of ketones is 1. The van der Waals surface area contributed by atoms with Crippen molar-refractivity contribution in [2.45, 2.75) is 39.5 Å². The molecule has 0 unspecified atom stereocenters. The third-order valence-electron chi connectivity index (χ3n) is 3.71. The van der Waals surface area contributed by atoms with Gasteiger partial charge in [0.05, 0.1) is 0 Å². The predicted octanol–water partition coefficient (Wildman–Crippen LogP) is 4.82. The van der Waals surface area contributed by atoms with E-state index in [4.69, 9.17) is 0 Å². The Balaban J connectivity index is 2.38. The summed E-state index contributed by atoms with van der Waals surface area (Å²) in [7, 11) is 0. The van der Waals surface area contributed by atoms with Gasteiger partial charge in [-0.1, -0.05) is 68.8 Å². The molecule has 0 bridgehead atoms. The first-order chi connectivity index (χ1) is 9.77. The molecule has 1 heteroatoms. The van der Waals surface area contributed by atoms with E-state index in [0.717, 1.165) is 24.0 Å². The van der Waals surface area contributed by atoms with Crippen LogP contribution in [0.2, 0.25) is 0 Å². The van der Waals surface area contributed by atoms with Crippen molar-refractivity contribution in [1.82, 2.24) is 0 Å². The van der Waals surface area contributed by atoms with E-state index in [2.05, 4.69) is 19.9 Å². The van der Waals surface area contributed by atoms with E-state index in [9.17, 15) is 4.79 Å². The van der Waals surface area contributed by atoms with Crippen molar-refractivity contribution in [3.05, 3.63) is 70.8 Å². The molecule has 2 aromatic carbocycles. The van der Waals surface area contributed by atoms with Gasteiger partial charge in [0.25, 0.3) is 0 Å². The predicted molar refractivity (Wildman–Crippen MR) is 84.3 cm³/mol. The van der Waals surface area contributed by atoms with Gasteiger partial charge in [-0.05, 0) is 30.4 Å². The molecule has 0 heterocycles. The summed E-state index contributed by atoms with van der Waals surface area (Å²) in [6.45, 7) is 4.33. The van der Waals surface area contributed by atoms with Crippen LogP contribution in [-0.4, -0.2) is 5.78 Å². The number of rotatable bonds is 6. The first kappa shape index (κ1) is 14.5. The van der Waals surface area contributed by atoms with Gasteiger partial charge in [0.2, 0.25) is 0 Å². The van der Waals surface area contributed by atoms with E-state index in [0.29, 0.717) is 0 Å². The Bertz CT molecular complexity index is 570. The zero-order valence-corrected chi connectivity index (χ0v) is 12.4. The van der Waals surface area contributed by atoms with Gasteiger partial charge in [-0.2, -0.15) is 0 Å². The van der Waals surface area contributed by atoms with Gasteiger partial charge in [-0.25, -0.2) is 0 Å². The van der Waals surface area contributed by atoms with Crippen LogP contribution in [-0.2, 0) is 12.8 Å². The summed E-state index contributed by atoms with van der Waals surface area (Å²) < 4.78 is 0. The molecule has 0 aliphatic carbocycles. The number of carbonyl (C=O) groups is 1. The van der Waals surface area contributed by atoms with Gasteiger partial charge < -0.3 is 0 Å². The molecule has 0 saturated heterocycles. The SMILES string of the molecule is CCCCc1cccc(C(=O)c2ccccc2)c1CC. The summed E-state index contributed by atoms with van der Waals surface area (Å²) in [4.78, 5) is 12.7. The van der Waals surface area contributed by atoms with Crippen LogP contribution in [0, 0.1) is 0 Å². The van der Waals surface area contributed by atoms with Gasteiger partial charge in [0.15, 0.2) is 5.78 Å². The van der Waals surface area contributed by atoms with E-state index in [-0.39, 0.29) is 5.78 Å². The molecule has 0 radical (unpaired) electrons. The highest BCUT2D eigenvalue weighted by Gasteiger charge is 2.14. The summed E-state index contributed by atoms with van der Waals surface area (Å²) in [5.74, 6) is 0.140. The van der Waals surface area contributed by atoms with Crippen molar-refractivity contribution < 1.29 is 4.79 Å². The molecule has 0 N–H and O–H groups in total. The zero-order valence-electron chi connectivity index (χ0n) is 12.4. The second-order valence-corrected chi connectivity index (χ2v) is 5.10. The maximum absolute atomic E-state index is 12.7. The fraction of sp³-hybridized carbons (Fsp3) is 0.316. The third-order valence-corrected chi connectivity index (χ3v) is 3.71. The molecule has 0 saturated carbocycles. The Kier molecular flexibility index (Phi) is 5.11. The Hall–Kier alpha value is -1.89. The van der Waals surface area contributed by atoms with Crippen LogP contribution < -0.4 is 0 Å². The minimum Gasteiger partial charge on any atom is -0.289 e. The highest BCUT2D eigenvalue weighted by Crippen LogP contribution is 2.21. The largest absolute Gasteiger partial charge is 0.289 e. The second-order valence-electron chi connectivity index (χ2n) is 5.10. The van der Waals surface area contributed by atoms with Crippen molar-refractivity contribution in [2.75, 3.05) is 0 Å². The van der Waals surface area contributed by atoms with E-state index in [1.807, 2.05) is 42.5 Å². The highest BCUT2D eigenvalue weighted by molar-refractivity contribution is 6.10. The molecule has 0 spiro atoms. The Morgan fingerprint density at radius 1 is 0.950 bits per heavy atom. The van der Waals surface area contributed by atoms with E-state index < -0.39 is 0 Å². The standard InChI is InChI=1S/C19H22O/c1-3-5-10-15-13-9-14-18(17(15)4-2)19(20)16-11-7-6-8-12-16/h6-9,11-14H,3-5,10H2,1-2H3. The number of hydrogen-bond donors (Lipinski definition) is 0. The molecular weight excluding hydrogens is 244 g/mol. The van der Waals surface area contributed by atoms with Crippen molar-refractivity contribution in [3.63, 3.8) is 0 Å². The van der Waals surface area contributed by atoms with Crippen molar-refractivity contribution >= 4 is 5.78 Å². The molecule has 20 heavy (non-hydrogen) atoms. The maximum Gasteiger partial charge on any atom is 0.193 e. The quantitative estimate of drug-likeness (QED) is 0.685. The summed E-state index contributed by atoms with van der Waals surface area (Å²) in [5, 5.41) is 0. The zero-order chi connectivity index (χ0) is 14.4. The summed E-state index contributed by atoms with van der Waals surface area (Å²) in [6.07, 6.45) is 4.33. The van der Waals surface area contributed by atoms with Crippen LogP contribution in [0.15, 0.2) is 48.5 Å². The molecule has 0 aromatic heterocycles. The lowest BCUT2D eigenvalue weighted by Gasteiger charge is -2.12. The lowest BCUT2D eigenvalue weighted by atomic mass is 9.91. The van der Waals surface area contributed by atoms with Gasteiger partial charge in [0.1, 0.15) is 0 Å². The number of aryl methyl sites for hydroxylation is 1. The van der Waals surface area contributed by atoms with Crippen molar-refractivity contribution in [1.29, 1.82) is 0 Å². The van der Waals surface area contributed by atoms with Crippen LogP contribution >= 0.6 is 0 Å². The number of hydrogen-bond acceptors (Lipinski definition) is 1. The van der Waals surface area contributed by atoms with Crippen LogP contribution in [0.5, 0.6) is 0 Å². The molecular formula is C19H22O. The van der Waals surface area contributed by atoms with Gasteiger partial charge in [0, 0.05) is 11.1 Å². The summed E-state index contributed by atoms with van der Waals surface area (Å²) >= 11 is 0. The summed E-state index contributed by atoms with van der Waals surface area (Å²) in [5.41, 5.74) is 4.19. The molecule has 2 aromatic rings. The van der Waals surface area contributed by atoms with Gasteiger partial charge in [-0.3, -0.25) is 4.79 Å². The molecule has 0 fully saturated rings. The molecule has 0 aliphatic heterocycles. The average molecular weight is 266 g/mol. The number of carbonyl (C=O) groups excluding carboxylic acids is 1. The number of benzene rings is 2. The molecule has 1 nitrogen and oxygen atoms in total. The molecule has 2 rings (SSSR count). The smallest absolute Gasteiger partial charge is 0.193 e. The second kappa shape index (κ2) is 7.04. The Morgan fingerprint density at radius 2 is 1.70 bits per heavy atom. The minimum atomic E-state index is 0.140. The Labute approximate surface area is 121 Å². The molecule has 0 atom stereocenters. The maximum atomic E-state index is 12.7. The lowest BCUT2D eigenvalue weighted by molar-refractivity contribution is 0.103. The van der Waals surface area contributed by atoms with Crippen molar-refractivity contribution in [2.24, 2.45) is 0 Å². The third kappa shape index (κ3) is 3.16. The number of unbranched alkanes of at least 4 members (excludes halogenated alkanes) is 1. The van der Waals surface area contributed by atoms with E-state index in [1.54, 1.807) is 0 Å². The summed E-state index contributed by atoms with van der Waals surface area (Å²) in [6, 6.07) is 15.7. The first-order valence-electron chi connectivity index (χ1n) is 7.48. The fourth-order valence-electron chi connectivity index (χ4n) is 2.61. The van der Waals surface area contributed by atoms with Crippen LogP contribution in [0.4, 0.5) is 0 Å². The van der Waals surface area contributed by atoms with E-state index >= 15 is 0 Å². The minimum absolute atomic E-state index is 0.140. The molecule has 0 amide bonds. The van der Waals surface area contributed by atoms with Crippen LogP contribution in [0.1, 0.15) is 53.7 Å². The van der Waals surface area contributed by atoms with Gasteiger partial charge >= 0.3 is 0 Å². The topological polar surface area (TPSA) is 17.1 Å². The Morgan fingerprint density at radius 3 is 2.35 bits per heavy atom.